The van der Waals surface area contributed by atoms with Gasteiger partial charge in [-0.2, -0.15) is 5.10 Å². The zero-order valence-corrected chi connectivity index (χ0v) is 15.8. The van der Waals surface area contributed by atoms with Gasteiger partial charge in [0.25, 0.3) is 0 Å². The van der Waals surface area contributed by atoms with Crippen molar-refractivity contribution >= 4 is 40.2 Å². The molecule has 2 N–H and O–H groups in total. The zero-order valence-electron chi connectivity index (χ0n) is 15.0. The van der Waals surface area contributed by atoms with Crippen molar-refractivity contribution in [2.45, 2.75) is 26.2 Å². The molecule has 2 amide bonds. The second-order valence-corrected chi connectivity index (χ2v) is 6.82. The van der Waals surface area contributed by atoms with Crippen LogP contribution in [0.15, 0.2) is 29.4 Å². The lowest BCUT2D eigenvalue weighted by molar-refractivity contribution is -0.120. The molecule has 0 saturated heterocycles. The van der Waals surface area contributed by atoms with Crippen LogP contribution in [0.4, 0.5) is 10.8 Å². The van der Waals surface area contributed by atoms with E-state index in [0.717, 1.165) is 17.7 Å². The Kier molecular flexibility index (Phi) is 7.22. The normalized spacial score (nSPS) is 10.7. The van der Waals surface area contributed by atoms with E-state index < -0.39 is 0 Å². The fourth-order valence-electron chi connectivity index (χ4n) is 2.00. The largest absolute Gasteiger partial charge is 0.378 e. The maximum absolute atomic E-state index is 11.9. The van der Waals surface area contributed by atoms with Crippen molar-refractivity contribution in [1.29, 1.82) is 0 Å². The van der Waals surface area contributed by atoms with Crippen LogP contribution in [0, 0.1) is 0 Å². The maximum atomic E-state index is 11.9. The molecule has 0 unspecified atom stereocenters. The first-order valence-corrected chi connectivity index (χ1v) is 9.01. The number of anilines is 2. The molecule has 1 aromatic carbocycles. The third-order valence-corrected chi connectivity index (χ3v) is 4.15. The monoisotopic (exact) mass is 374 g/mol. The van der Waals surface area contributed by atoms with Gasteiger partial charge in [-0.3, -0.25) is 9.59 Å². The van der Waals surface area contributed by atoms with Crippen LogP contribution in [0.25, 0.3) is 0 Å². The maximum Gasteiger partial charge on any atom is 0.247 e. The van der Waals surface area contributed by atoms with E-state index >= 15 is 0 Å². The minimum absolute atomic E-state index is 0.0538. The van der Waals surface area contributed by atoms with Crippen LogP contribution in [0.1, 0.15) is 30.3 Å². The highest BCUT2D eigenvalue weighted by Crippen LogP contribution is 2.16. The fraction of sp³-hybridized carbons (Fsp3) is 0.353. The van der Waals surface area contributed by atoms with Crippen molar-refractivity contribution in [3.63, 3.8) is 0 Å². The molecular weight excluding hydrogens is 352 g/mol. The molecule has 0 bridgehead atoms. The number of aromatic nitrogens is 2. The number of nitrogens with one attached hydrogen (secondary N) is 2. The van der Waals surface area contributed by atoms with Crippen LogP contribution in [-0.4, -0.2) is 42.3 Å². The van der Waals surface area contributed by atoms with Gasteiger partial charge in [0.05, 0.1) is 12.6 Å². The number of benzene rings is 1. The Morgan fingerprint density at radius 2 is 1.92 bits per heavy atom. The Labute approximate surface area is 156 Å². The van der Waals surface area contributed by atoms with E-state index in [-0.39, 0.29) is 18.2 Å². The molecule has 0 aliphatic carbocycles. The van der Waals surface area contributed by atoms with Crippen molar-refractivity contribution in [3.05, 3.63) is 34.8 Å². The quantitative estimate of drug-likeness (QED) is 0.544. The van der Waals surface area contributed by atoms with Gasteiger partial charge in [-0.15, -0.1) is 10.2 Å². The van der Waals surface area contributed by atoms with Gasteiger partial charge in [0.15, 0.2) is 0 Å². The van der Waals surface area contributed by atoms with Crippen LogP contribution in [0.3, 0.4) is 0 Å². The van der Waals surface area contributed by atoms with Crippen LogP contribution in [-0.2, 0) is 16.0 Å². The van der Waals surface area contributed by atoms with E-state index in [2.05, 4.69) is 26.0 Å². The predicted octanol–water partition coefficient (Wildman–Crippen LogP) is 2.04. The average Bonchev–Trinajstić information content (AvgIpc) is 3.02. The second-order valence-electron chi connectivity index (χ2n) is 5.76. The molecule has 2 aromatic rings. The Hall–Kier alpha value is -2.81. The summed E-state index contributed by atoms with van der Waals surface area (Å²) in [6.45, 7) is 1.92. The first-order chi connectivity index (χ1) is 12.5. The van der Waals surface area contributed by atoms with Crippen LogP contribution >= 0.6 is 11.3 Å². The van der Waals surface area contributed by atoms with Gasteiger partial charge in [0, 0.05) is 26.2 Å². The molecule has 1 aromatic heterocycles. The van der Waals surface area contributed by atoms with Gasteiger partial charge in [0.2, 0.25) is 16.9 Å². The zero-order chi connectivity index (χ0) is 18.9. The molecule has 138 valence electrons. The third-order valence-electron chi connectivity index (χ3n) is 3.31. The first-order valence-electron chi connectivity index (χ1n) is 8.19. The van der Waals surface area contributed by atoms with Gasteiger partial charge in [-0.05, 0) is 24.1 Å². The fourth-order valence-corrected chi connectivity index (χ4v) is 2.75. The second kappa shape index (κ2) is 9.62. The lowest BCUT2D eigenvalue weighted by atomic mass is 10.2. The van der Waals surface area contributed by atoms with E-state index in [0.29, 0.717) is 16.6 Å². The summed E-state index contributed by atoms with van der Waals surface area (Å²) in [6, 6.07) is 7.78. The summed E-state index contributed by atoms with van der Waals surface area (Å²) < 4.78 is 0. The molecule has 2 rings (SSSR count). The lowest BCUT2D eigenvalue weighted by Gasteiger charge is -2.11. The number of hydrazone groups is 1. The highest BCUT2D eigenvalue weighted by molar-refractivity contribution is 7.15. The molecule has 8 nitrogen and oxygen atoms in total. The topological polar surface area (TPSA) is 99.6 Å². The van der Waals surface area contributed by atoms with Crippen molar-refractivity contribution < 1.29 is 9.59 Å². The predicted molar refractivity (Wildman–Crippen MR) is 104 cm³/mol. The molecule has 0 aliphatic heterocycles. The summed E-state index contributed by atoms with van der Waals surface area (Å²) in [7, 11) is 3.94. The third kappa shape index (κ3) is 6.25. The number of nitrogens with zero attached hydrogens (tertiary/aromatic N) is 4. The van der Waals surface area contributed by atoms with Crippen molar-refractivity contribution in [2.75, 3.05) is 24.3 Å². The van der Waals surface area contributed by atoms with E-state index in [1.54, 1.807) is 6.21 Å². The molecule has 0 radical (unpaired) electrons. The number of hydrogen-bond donors (Lipinski definition) is 2. The average molecular weight is 374 g/mol. The summed E-state index contributed by atoms with van der Waals surface area (Å²) in [5.41, 5.74) is 4.43. The minimum atomic E-state index is -0.297. The van der Waals surface area contributed by atoms with Gasteiger partial charge in [0.1, 0.15) is 5.01 Å². The van der Waals surface area contributed by atoms with E-state index in [4.69, 9.17) is 0 Å². The van der Waals surface area contributed by atoms with Gasteiger partial charge in [-0.25, -0.2) is 5.43 Å². The standard InChI is InChI=1S/C17H22N6O2S/c1-4-5-14(24)19-17-22-21-16(26-17)10-15(25)20-18-11-12-6-8-13(9-7-12)23(2)3/h6-9,11H,4-5,10H2,1-3H3,(H,20,25)(H,19,22,24)/b18-11+. The summed E-state index contributed by atoms with van der Waals surface area (Å²) in [6.07, 6.45) is 2.82. The Morgan fingerprint density at radius 3 is 2.58 bits per heavy atom. The molecule has 9 heteroatoms. The first kappa shape index (κ1) is 19.5. The minimum Gasteiger partial charge on any atom is -0.378 e. The van der Waals surface area contributed by atoms with Crippen LogP contribution in [0.5, 0.6) is 0 Å². The van der Waals surface area contributed by atoms with E-state index in [1.807, 2.05) is 50.2 Å². The number of carbonyl (C=O) groups is 2. The molecule has 0 atom stereocenters. The summed E-state index contributed by atoms with van der Waals surface area (Å²) in [5, 5.41) is 15.3. The number of hydrogen-bond acceptors (Lipinski definition) is 7. The molecule has 0 spiro atoms. The van der Waals surface area contributed by atoms with Crippen molar-refractivity contribution in [3.8, 4) is 0 Å². The molecule has 0 fully saturated rings. The highest BCUT2D eigenvalue weighted by atomic mass is 32.1. The van der Waals surface area contributed by atoms with Crippen molar-refractivity contribution in [2.24, 2.45) is 5.10 Å². The molecule has 1 heterocycles. The Balaban J connectivity index is 1.81. The Morgan fingerprint density at radius 1 is 1.19 bits per heavy atom. The molecule has 0 saturated carbocycles. The van der Waals surface area contributed by atoms with Gasteiger partial charge in [-0.1, -0.05) is 30.4 Å². The smallest absolute Gasteiger partial charge is 0.247 e. The highest BCUT2D eigenvalue weighted by Gasteiger charge is 2.10. The number of carbonyl (C=O) groups excluding carboxylic acids is 2. The van der Waals surface area contributed by atoms with E-state index in [9.17, 15) is 9.59 Å². The van der Waals surface area contributed by atoms with Crippen LogP contribution in [0.2, 0.25) is 0 Å². The number of amides is 2. The summed E-state index contributed by atoms with van der Waals surface area (Å²) in [5.74, 6) is -0.404. The molecule has 0 aliphatic rings. The number of rotatable bonds is 8. The van der Waals surface area contributed by atoms with E-state index in [1.165, 1.54) is 11.3 Å². The van der Waals surface area contributed by atoms with Crippen molar-refractivity contribution in [1.82, 2.24) is 15.6 Å². The lowest BCUT2D eigenvalue weighted by Crippen LogP contribution is -2.19. The van der Waals surface area contributed by atoms with Gasteiger partial charge < -0.3 is 10.2 Å². The van der Waals surface area contributed by atoms with Gasteiger partial charge >= 0.3 is 0 Å². The molecular formula is C17H22N6O2S. The van der Waals surface area contributed by atoms with Crippen LogP contribution < -0.4 is 15.6 Å². The molecule has 26 heavy (non-hydrogen) atoms. The summed E-state index contributed by atoms with van der Waals surface area (Å²) in [4.78, 5) is 25.4. The SMILES string of the molecule is CCCC(=O)Nc1nnc(CC(=O)N/N=C/c2ccc(N(C)C)cc2)s1. The summed E-state index contributed by atoms with van der Waals surface area (Å²) >= 11 is 1.18. The Bertz CT molecular complexity index is 770.